The van der Waals surface area contributed by atoms with Crippen molar-refractivity contribution >= 4 is 79.5 Å². The van der Waals surface area contributed by atoms with Gasteiger partial charge in [-0.3, -0.25) is 19.2 Å². The van der Waals surface area contributed by atoms with Gasteiger partial charge in [0, 0.05) is 35.5 Å². The molecule has 0 atom stereocenters. The minimum atomic E-state index is -0.494. The van der Waals surface area contributed by atoms with E-state index < -0.39 is 47.5 Å². The first kappa shape index (κ1) is 60.7. The van der Waals surface area contributed by atoms with Crippen molar-refractivity contribution in [1.29, 1.82) is 0 Å². The first-order valence-corrected chi connectivity index (χ1v) is 29.4. The molecule has 0 radical (unpaired) electrons. The number of ether oxygens (including phenoxy) is 8. The Morgan fingerprint density at radius 3 is 1.43 bits per heavy atom. The maximum absolute atomic E-state index is 14.2. The van der Waals surface area contributed by atoms with E-state index in [1.54, 1.807) is 72.9 Å². The summed E-state index contributed by atoms with van der Waals surface area (Å²) in [4.78, 5) is 82.0. The van der Waals surface area contributed by atoms with E-state index in [9.17, 15) is 28.8 Å². The zero-order chi connectivity index (χ0) is 58.3. The van der Waals surface area contributed by atoms with Crippen LogP contribution in [0.5, 0.6) is 34.5 Å². The number of anilines is 1. The Hall–Kier alpha value is -8.38. The molecule has 5 aromatic carbocycles. The number of esters is 6. The Morgan fingerprint density at radius 2 is 0.952 bits per heavy atom. The Labute approximate surface area is 487 Å². The average Bonchev–Trinajstić information content (AvgIpc) is 4.14. The van der Waals surface area contributed by atoms with Gasteiger partial charge in [0.15, 0.2) is 0 Å². The van der Waals surface area contributed by atoms with Crippen LogP contribution in [0.25, 0.3) is 21.0 Å². The molecule has 2 saturated carbocycles. The van der Waals surface area contributed by atoms with Gasteiger partial charge in [-0.05, 0) is 169 Å². The highest BCUT2D eigenvalue weighted by Crippen LogP contribution is 2.40. The summed E-state index contributed by atoms with van der Waals surface area (Å²) < 4.78 is 46.8. The van der Waals surface area contributed by atoms with Crippen molar-refractivity contribution in [1.82, 2.24) is 4.98 Å². The van der Waals surface area contributed by atoms with Gasteiger partial charge in [-0.2, -0.15) is 5.10 Å². The van der Waals surface area contributed by atoms with E-state index in [1.165, 1.54) is 11.3 Å². The molecule has 0 N–H and O–H groups in total. The van der Waals surface area contributed by atoms with Crippen LogP contribution in [0, 0.1) is 23.7 Å². The number of hydrogen-bond acceptors (Lipinski definition) is 18. The number of para-hydroxylation sites is 1. The first-order chi connectivity index (χ1) is 40.4. The fraction of sp³-hybridized carbons (Fsp3) is 0.385. The fourth-order valence-corrected chi connectivity index (χ4v) is 10.8. The average molecular weight is 1150 g/mol. The first-order valence-electron chi connectivity index (χ1n) is 28.5. The maximum atomic E-state index is 14.2. The highest BCUT2D eigenvalue weighted by Gasteiger charge is 2.35. The van der Waals surface area contributed by atoms with Crippen LogP contribution in [0.15, 0.2) is 134 Å². The highest BCUT2D eigenvalue weighted by molar-refractivity contribution is 7.22. The molecule has 2 aliphatic carbocycles. The molecule has 8 rings (SSSR count). The summed E-state index contributed by atoms with van der Waals surface area (Å²) in [5.74, 6) is -1.55. The lowest BCUT2D eigenvalue weighted by Gasteiger charge is -2.27. The second-order valence-electron chi connectivity index (χ2n) is 20.6. The summed E-state index contributed by atoms with van der Waals surface area (Å²) in [6.07, 6.45) is 14.2. The second kappa shape index (κ2) is 31.2. The van der Waals surface area contributed by atoms with Crippen molar-refractivity contribution in [3.63, 3.8) is 0 Å². The molecular formula is C65H71N3O14S. The van der Waals surface area contributed by atoms with Gasteiger partial charge in [0.05, 0.1) is 66.5 Å². The van der Waals surface area contributed by atoms with E-state index in [1.807, 2.05) is 48.5 Å². The number of fused-ring (bicyclic) bond motifs is 2. The van der Waals surface area contributed by atoms with Gasteiger partial charge in [0.25, 0.3) is 0 Å². The Kier molecular flexibility index (Phi) is 22.8. The van der Waals surface area contributed by atoms with Crippen LogP contribution in [-0.2, 0) is 38.2 Å². The number of hydrazone groups is 1. The molecule has 2 fully saturated rings. The van der Waals surface area contributed by atoms with Crippen molar-refractivity contribution in [2.24, 2.45) is 28.8 Å². The molecule has 1 heterocycles. The molecule has 0 bridgehead atoms. The van der Waals surface area contributed by atoms with E-state index in [4.69, 9.17) is 48.0 Å². The molecule has 436 valence electrons. The monoisotopic (exact) mass is 1150 g/mol. The third kappa shape index (κ3) is 18.1. The molecule has 6 aromatic rings. The lowest BCUT2D eigenvalue weighted by atomic mass is 9.82. The number of hydrogen-bond donors (Lipinski definition) is 0. The van der Waals surface area contributed by atoms with E-state index in [0.29, 0.717) is 122 Å². The topological polar surface area (TPSA) is 205 Å². The number of benzene rings is 5. The van der Waals surface area contributed by atoms with Crippen molar-refractivity contribution in [3.8, 4) is 34.5 Å². The largest absolute Gasteiger partial charge is 0.494 e. The SMILES string of the molecule is C=CC(=O)OCCCCCCOc1ccc(OC(=O)C2CCC(C(=O)Oc3cc(/C=N/N(C)c4nc5ccccc5s4)c(OC(=O)C4CCC(C(=O)Oc5ccc(OCCCCCCOC(=O)C=C)cc5)CC4)c4ccccc34)CC2)cc1. The van der Waals surface area contributed by atoms with E-state index in [-0.39, 0.29) is 23.4 Å². The number of nitrogens with zero attached hydrogens (tertiary/aromatic N) is 3. The second-order valence-corrected chi connectivity index (χ2v) is 21.6. The fourth-order valence-electron chi connectivity index (χ4n) is 9.90. The summed E-state index contributed by atoms with van der Waals surface area (Å²) in [6.45, 7) is 8.58. The number of carbonyl (C=O) groups is 6. The van der Waals surface area contributed by atoms with Crippen LogP contribution in [0.2, 0.25) is 0 Å². The number of aromatic nitrogens is 1. The number of unbranched alkanes of at least 4 members (excludes halogenated alkanes) is 6. The van der Waals surface area contributed by atoms with Gasteiger partial charge in [0.1, 0.15) is 34.5 Å². The summed E-state index contributed by atoms with van der Waals surface area (Å²) in [6, 6.07) is 30.6. The van der Waals surface area contributed by atoms with Gasteiger partial charge < -0.3 is 37.9 Å². The normalized spacial score (nSPS) is 16.8. The predicted octanol–water partition coefficient (Wildman–Crippen LogP) is 12.9. The lowest BCUT2D eigenvalue weighted by Crippen LogP contribution is -2.31. The van der Waals surface area contributed by atoms with Crippen LogP contribution < -0.4 is 33.4 Å². The van der Waals surface area contributed by atoms with Gasteiger partial charge in [-0.1, -0.05) is 60.9 Å². The van der Waals surface area contributed by atoms with Crippen molar-refractivity contribution in [2.45, 2.75) is 103 Å². The quantitative estimate of drug-likeness (QED) is 0.0107. The van der Waals surface area contributed by atoms with E-state index in [2.05, 4.69) is 13.2 Å². The van der Waals surface area contributed by atoms with E-state index in [0.717, 1.165) is 73.7 Å². The zero-order valence-electron chi connectivity index (χ0n) is 46.9. The van der Waals surface area contributed by atoms with Crippen LogP contribution in [0.1, 0.15) is 108 Å². The Balaban J connectivity index is 0.848. The molecule has 83 heavy (non-hydrogen) atoms. The summed E-state index contributed by atoms with van der Waals surface area (Å²) >= 11 is 1.48. The molecule has 1 aromatic heterocycles. The molecular weight excluding hydrogens is 1080 g/mol. The smallest absolute Gasteiger partial charge is 0.330 e. The Bertz CT molecular complexity index is 3180. The number of rotatable bonds is 29. The zero-order valence-corrected chi connectivity index (χ0v) is 47.7. The highest BCUT2D eigenvalue weighted by atomic mass is 32.1. The third-order valence-corrected chi connectivity index (χ3v) is 15.7. The molecule has 2 aliphatic rings. The molecule has 0 unspecified atom stereocenters. The minimum absolute atomic E-state index is 0.250. The standard InChI is InChI=1S/C65H71N3O14S/c1-4-58(69)77-40-16-8-6-14-38-75-49-30-34-51(35-31-49)79-61(71)44-22-26-46(27-23-44)63(73)81-56-42-48(43-66-68(3)65-67-55-20-12-13-21-57(55)83-65)60(54-19-11-10-18-53(54)56)82-64(74)47-28-24-45(25-29-47)62(72)80-52-36-32-50(33-37-52)76-39-15-7-9-17-41-78-59(70)5-2/h4-5,10-13,18-21,30-37,42-47H,1-2,6-9,14-17,22-29,38-41H2,3H3/b66-43+. The molecule has 17 nitrogen and oxygen atoms in total. The number of carbonyl (C=O) groups excluding carboxylic acids is 6. The van der Waals surface area contributed by atoms with Crippen LogP contribution in [-0.4, -0.2) is 80.5 Å². The maximum Gasteiger partial charge on any atom is 0.330 e. The van der Waals surface area contributed by atoms with Crippen molar-refractivity contribution < 1.29 is 66.7 Å². The van der Waals surface area contributed by atoms with Gasteiger partial charge >= 0.3 is 35.8 Å². The minimum Gasteiger partial charge on any atom is -0.494 e. The van der Waals surface area contributed by atoms with Crippen molar-refractivity contribution in [2.75, 3.05) is 38.5 Å². The van der Waals surface area contributed by atoms with Gasteiger partial charge in [-0.15, -0.1) is 0 Å². The molecule has 0 spiro atoms. The number of thiazole rings is 1. The van der Waals surface area contributed by atoms with Crippen LogP contribution in [0.3, 0.4) is 0 Å². The summed E-state index contributed by atoms with van der Waals surface area (Å²) in [5, 5.41) is 8.10. The van der Waals surface area contributed by atoms with Gasteiger partial charge in [-0.25, -0.2) is 19.6 Å². The van der Waals surface area contributed by atoms with Crippen LogP contribution in [0.4, 0.5) is 5.13 Å². The van der Waals surface area contributed by atoms with Gasteiger partial charge in [0.2, 0.25) is 5.13 Å². The lowest BCUT2D eigenvalue weighted by molar-refractivity contribution is -0.145. The van der Waals surface area contributed by atoms with E-state index >= 15 is 0 Å². The summed E-state index contributed by atoms with van der Waals surface area (Å²) in [5.41, 5.74) is 1.23. The molecule has 0 amide bonds. The molecule has 18 heteroatoms. The molecule has 0 saturated heterocycles. The summed E-state index contributed by atoms with van der Waals surface area (Å²) in [7, 11) is 1.77. The van der Waals surface area contributed by atoms with Crippen molar-refractivity contribution in [3.05, 3.63) is 134 Å². The predicted molar refractivity (Wildman–Crippen MR) is 316 cm³/mol. The Morgan fingerprint density at radius 1 is 0.530 bits per heavy atom. The third-order valence-electron chi connectivity index (χ3n) is 14.6. The molecule has 0 aliphatic heterocycles. The van der Waals surface area contributed by atoms with Crippen LogP contribution >= 0.6 is 11.3 Å².